The van der Waals surface area contributed by atoms with Crippen LogP contribution in [0.15, 0.2) is 122 Å². The molecule has 0 spiro atoms. The van der Waals surface area contributed by atoms with Crippen molar-refractivity contribution in [2.45, 2.75) is 285 Å². The van der Waals surface area contributed by atoms with E-state index in [1.165, 1.54) is 12.8 Å². The van der Waals surface area contributed by atoms with E-state index in [-0.39, 0.29) is 18.9 Å². The van der Waals surface area contributed by atoms with Gasteiger partial charge in [-0.1, -0.05) is 206 Å². The van der Waals surface area contributed by atoms with Crippen LogP contribution in [0.3, 0.4) is 0 Å². The number of carbonyl (C=O) groups excluding carboxylic acids is 1. The van der Waals surface area contributed by atoms with Gasteiger partial charge in [0.25, 0.3) is 0 Å². The molecule has 3 heterocycles. The lowest BCUT2D eigenvalue weighted by atomic mass is 9.96. The summed E-state index contributed by atoms with van der Waals surface area (Å²) in [5.74, 6) is -0.265. The normalized spacial score (nSPS) is 29.0. The summed E-state index contributed by atoms with van der Waals surface area (Å²) in [7, 11) is 0. The first-order chi connectivity index (χ1) is 43.3. The SMILES string of the molecule is CC/C=C\C/C=C\C/C=C\C/C=C\C/C=C\C/C=C\C/C=C\C/C=C\C/C=C\C/C=C\CCCCCCCCCCC(=O)NC(COC1OC(CO)C(OC2OC(CO)C(OC3OC(CO)C(O)C(O)C3O)C(O)C2O)C(O)C1O)C(O)CCCCCCC. The highest BCUT2D eigenvalue weighted by Crippen LogP contribution is 2.33. The van der Waals surface area contributed by atoms with Gasteiger partial charge in [-0.3, -0.25) is 4.79 Å². The van der Waals surface area contributed by atoms with Gasteiger partial charge in [-0.15, -0.1) is 0 Å². The monoisotopic (exact) mass is 1260 g/mol. The Hall–Kier alpha value is -3.81. The molecule has 17 atom stereocenters. The van der Waals surface area contributed by atoms with Crippen LogP contribution in [-0.4, -0.2) is 193 Å². The second-order valence-electron chi connectivity index (χ2n) is 23.2. The number of rotatable bonds is 48. The second-order valence-corrected chi connectivity index (χ2v) is 23.2. The van der Waals surface area contributed by atoms with Crippen LogP contribution in [0, 0.1) is 0 Å². The summed E-state index contributed by atoms with van der Waals surface area (Å²) in [6.07, 6.45) is 42.3. The van der Waals surface area contributed by atoms with Crippen molar-refractivity contribution in [3.8, 4) is 0 Å². The van der Waals surface area contributed by atoms with Gasteiger partial charge in [-0.05, 0) is 89.9 Å². The first-order valence-corrected chi connectivity index (χ1v) is 33.3. The van der Waals surface area contributed by atoms with Crippen LogP contribution in [0.2, 0.25) is 0 Å². The van der Waals surface area contributed by atoms with E-state index in [1.807, 2.05) is 0 Å². The lowest BCUT2D eigenvalue weighted by molar-refractivity contribution is -0.379. The third kappa shape index (κ3) is 33.0. The fraction of sp³-hybridized carbons (Fsp3) is 0.700. The predicted molar refractivity (Wildman–Crippen MR) is 346 cm³/mol. The number of hydrogen-bond acceptors (Lipinski definition) is 18. The second kappa shape index (κ2) is 50.7. The fourth-order valence-electron chi connectivity index (χ4n) is 10.4. The highest BCUT2D eigenvalue weighted by molar-refractivity contribution is 5.76. The number of ether oxygens (including phenoxy) is 6. The van der Waals surface area contributed by atoms with E-state index in [1.54, 1.807) is 0 Å². The maximum Gasteiger partial charge on any atom is 0.220 e. The third-order valence-electron chi connectivity index (χ3n) is 15.8. The van der Waals surface area contributed by atoms with Crippen LogP contribution in [0.5, 0.6) is 0 Å². The van der Waals surface area contributed by atoms with Crippen LogP contribution in [0.4, 0.5) is 0 Å². The zero-order chi connectivity index (χ0) is 64.7. The summed E-state index contributed by atoms with van der Waals surface area (Å²) in [6, 6.07) is -0.896. The maximum absolute atomic E-state index is 13.3. The number of aliphatic hydroxyl groups excluding tert-OH is 11. The highest BCUT2D eigenvalue weighted by atomic mass is 16.8. The third-order valence-corrected chi connectivity index (χ3v) is 15.8. The molecular weight excluding hydrogens is 1140 g/mol. The Kier molecular flexibility index (Phi) is 45.3. The van der Waals surface area contributed by atoms with Crippen molar-refractivity contribution in [3.63, 3.8) is 0 Å². The molecular formula is C70H115NO18. The molecule has 3 fully saturated rings. The minimum atomic E-state index is -1.98. The zero-order valence-electron chi connectivity index (χ0n) is 53.4. The lowest BCUT2D eigenvalue weighted by Gasteiger charge is -2.48. The summed E-state index contributed by atoms with van der Waals surface area (Å²) >= 11 is 0. The largest absolute Gasteiger partial charge is 0.394 e. The first kappa shape index (κ1) is 79.4. The van der Waals surface area contributed by atoms with Gasteiger partial charge >= 0.3 is 0 Å². The summed E-state index contributed by atoms with van der Waals surface area (Å²) in [5, 5.41) is 120. The maximum atomic E-state index is 13.3. The molecule has 19 nitrogen and oxygen atoms in total. The zero-order valence-corrected chi connectivity index (χ0v) is 53.4. The Morgan fingerprint density at radius 1 is 0.416 bits per heavy atom. The van der Waals surface area contributed by atoms with Crippen molar-refractivity contribution in [2.75, 3.05) is 26.4 Å². The summed E-state index contributed by atoms with van der Waals surface area (Å²) in [6.45, 7) is 1.53. The van der Waals surface area contributed by atoms with Gasteiger partial charge in [-0.25, -0.2) is 0 Å². The van der Waals surface area contributed by atoms with Gasteiger partial charge in [0.05, 0.1) is 38.6 Å². The van der Waals surface area contributed by atoms with Crippen molar-refractivity contribution in [3.05, 3.63) is 122 Å². The Morgan fingerprint density at radius 2 is 0.775 bits per heavy atom. The van der Waals surface area contributed by atoms with Gasteiger partial charge in [0.1, 0.15) is 73.2 Å². The molecule has 12 N–H and O–H groups in total. The topological polar surface area (TPSA) is 307 Å². The van der Waals surface area contributed by atoms with Gasteiger partial charge in [0.2, 0.25) is 5.91 Å². The van der Waals surface area contributed by atoms with Gasteiger partial charge in [-0.2, -0.15) is 0 Å². The van der Waals surface area contributed by atoms with E-state index in [0.717, 1.165) is 128 Å². The molecule has 0 bridgehead atoms. The minimum Gasteiger partial charge on any atom is -0.394 e. The smallest absolute Gasteiger partial charge is 0.220 e. The molecule has 89 heavy (non-hydrogen) atoms. The predicted octanol–water partition coefficient (Wildman–Crippen LogP) is 8.04. The lowest BCUT2D eigenvalue weighted by Crippen LogP contribution is -2.66. The van der Waals surface area contributed by atoms with Gasteiger partial charge in [0.15, 0.2) is 18.9 Å². The van der Waals surface area contributed by atoms with E-state index in [9.17, 15) is 61.0 Å². The molecule has 1 amide bonds. The molecule has 3 rings (SSSR count). The molecule has 0 aromatic carbocycles. The molecule has 17 unspecified atom stereocenters. The first-order valence-electron chi connectivity index (χ1n) is 33.3. The van der Waals surface area contributed by atoms with Crippen LogP contribution in [0.1, 0.15) is 181 Å². The highest BCUT2D eigenvalue weighted by Gasteiger charge is 2.53. The van der Waals surface area contributed by atoms with Crippen molar-refractivity contribution in [1.29, 1.82) is 0 Å². The number of allylic oxidation sites excluding steroid dienone is 20. The number of unbranched alkanes of at least 4 members (excludes halogenated alkanes) is 12. The van der Waals surface area contributed by atoms with E-state index in [0.29, 0.717) is 19.3 Å². The number of aliphatic hydroxyl groups is 11. The van der Waals surface area contributed by atoms with Crippen LogP contribution in [-0.2, 0) is 33.2 Å². The Morgan fingerprint density at radius 3 is 1.21 bits per heavy atom. The molecule has 3 aliphatic heterocycles. The number of carbonyl (C=O) groups is 1. The number of hydrogen-bond donors (Lipinski definition) is 12. The molecule has 3 aliphatic rings. The molecule has 0 radical (unpaired) electrons. The fourth-order valence-corrected chi connectivity index (χ4v) is 10.4. The van der Waals surface area contributed by atoms with E-state index in [4.69, 9.17) is 28.4 Å². The van der Waals surface area contributed by atoms with Crippen molar-refractivity contribution < 1.29 is 89.4 Å². The van der Waals surface area contributed by atoms with Crippen LogP contribution < -0.4 is 5.32 Å². The number of amides is 1. The van der Waals surface area contributed by atoms with E-state index in [2.05, 4.69) is 141 Å². The van der Waals surface area contributed by atoms with Gasteiger partial charge in [0, 0.05) is 6.42 Å². The van der Waals surface area contributed by atoms with Crippen molar-refractivity contribution in [2.24, 2.45) is 0 Å². The Balaban J connectivity index is 1.28. The average molecular weight is 1260 g/mol. The summed E-state index contributed by atoms with van der Waals surface area (Å²) < 4.78 is 34.1. The Labute approximate surface area is 531 Å². The summed E-state index contributed by atoms with van der Waals surface area (Å²) in [5.41, 5.74) is 0. The van der Waals surface area contributed by atoms with Gasteiger partial charge < -0.3 is 89.9 Å². The molecule has 0 aromatic heterocycles. The van der Waals surface area contributed by atoms with E-state index < -0.39 is 124 Å². The average Bonchev–Trinajstić information content (AvgIpc) is 2.72. The van der Waals surface area contributed by atoms with Crippen LogP contribution >= 0.6 is 0 Å². The number of nitrogens with one attached hydrogen (secondary N) is 1. The molecule has 19 heteroatoms. The van der Waals surface area contributed by atoms with Crippen molar-refractivity contribution in [1.82, 2.24) is 5.32 Å². The molecule has 0 aromatic rings. The molecule has 0 aliphatic carbocycles. The standard InChI is InChI=1S/C70H115NO18/c1-3-5-7-9-10-11-12-13-14-15-16-17-18-19-20-21-22-23-24-25-26-27-28-29-30-31-32-33-34-35-36-37-38-39-40-41-42-44-46-48-58(76)71-53(54(75)47-45-43-8-6-4-2)52-84-68-64(82)61(79)66(56(50-73)86-68)89-70-65(83)62(80)67(57(51-74)87-70)88-69-63(81)60(78)59(77)55(49-72)85-69/h5,7,10-11,13-14,16-17,19-20,22-23,25-26,28-29,31-32,34-35,53-57,59-70,72-75,77-83H,3-4,6,8-9,12,15,18,21,24,27,30,33,36-52H2,1-2H3,(H,71,76)/b7-5-,11-10-,14-13-,17-16-,20-19-,23-22-,26-25-,29-28-,32-31-,35-34-. The van der Waals surface area contributed by atoms with Crippen LogP contribution in [0.25, 0.3) is 0 Å². The quantitative estimate of drug-likeness (QED) is 0.0203. The molecule has 0 saturated carbocycles. The minimum absolute atomic E-state index is 0.247. The Bertz CT molecular complexity index is 2090. The van der Waals surface area contributed by atoms with E-state index >= 15 is 0 Å². The molecule has 3 saturated heterocycles. The summed E-state index contributed by atoms with van der Waals surface area (Å²) in [4.78, 5) is 13.3. The molecule has 508 valence electrons. The van der Waals surface area contributed by atoms with Crippen molar-refractivity contribution >= 4 is 5.91 Å².